The summed E-state index contributed by atoms with van der Waals surface area (Å²) in [6, 6.07) is 9.13. The highest BCUT2D eigenvalue weighted by Crippen LogP contribution is 2.29. The molecule has 0 bridgehead atoms. The standard InChI is InChI=1S/C16H18N2O3/c17-9-11-1-3-12(4-2-11)10-18-15(19)13-5-7-14(8-6-13)16(20)21/h1-4,13-14H,5-8,10H2,(H,18,19)(H,20,21). The molecule has 0 aromatic heterocycles. The van der Waals surface area contributed by atoms with Gasteiger partial charge in [-0.2, -0.15) is 5.26 Å². The molecule has 1 amide bonds. The number of carbonyl (C=O) groups excluding carboxylic acids is 1. The maximum atomic E-state index is 12.1. The van der Waals surface area contributed by atoms with Crippen molar-refractivity contribution >= 4 is 11.9 Å². The number of nitrogens with zero attached hydrogens (tertiary/aromatic N) is 1. The van der Waals surface area contributed by atoms with E-state index in [2.05, 4.69) is 5.32 Å². The van der Waals surface area contributed by atoms with E-state index in [-0.39, 0.29) is 17.7 Å². The molecule has 1 aromatic rings. The largest absolute Gasteiger partial charge is 0.481 e. The average Bonchev–Trinajstić information content (AvgIpc) is 2.53. The van der Waals surface area contributed by atoms with Crippen molar-refractivity contribution in [3.05, 3.63) is 35.4 Å². The smallest absolute Gasteiger partial charge is 0.306 e. The molecule has 1 fully saturated rings. The first kappa shape index (κ1) is 15.0. The Bertz CT molecular complexity index is 552. The summed E-state index contributed by atoms with van der Waals surface area (Å²) in [6.45, 7) is 0.434. The molecule has 1 aliphatic carbocycles. The normalized spacial score (nSPS) is 21.3. The van der Waals surface area contributed by atoms with Gasteiger partial charge in [0.1, 0.15) is 0 Å². The molecule has 0 saturated heterocycles. The van der Waals surface area contributed by atoms with Gasteiger partial charge in [0.05, 0.1) is 17.6 Å². The molecule has 0 radical (unpaired) electrons. The van der Waals surface area contributed by atoms with Crippen molar-refractivity contribution in [1.82, 2.24) is 5.32 Å². The van der Waals surface area contributed by atoms with Gasteiger partial charge in [0.25, 0.3) is 0 Å². The van der Waals surface area contributed by atoms with Crippen molar-refractivity contribution in [2.75, 3.05) is 0 Å². The molecule has 5 nitrogen and oxygen atoms in total. The summed E-state index contributed by atoms with van der Waals surface area (Å²) in [5, 5.41) is 20.5. The van der Waals surface area contributed by atoms with Crippen molar-refractivity contribution in [2.45, 2.75) is 32.2 Å². The van der Waals surface area contributed by atoms with E-state index >= 15 is 0 Å². The Balaban J connectivity index is 1.80. The van der Waals surface area contributed by atoms with E-state index in [1.807, 2.05) is 18.2 Å². The van der Waals surface area contributed by atoms with Crippen molar-refractivity contribution in [1.29, 1.82) is 5.26 Å². The van der Waals surface area contributed by atoms with E-state index in [1.165, 1.54) is 0 Å². The maximum Gasteiger partial charge on any atom is 0.306 e. The number of rotatable bonds is 4. The second kappa shape index (κ2) is 6.89. The van der Waals surface area contributed by atoms with Crippen LogP contribution in [-0.2, 0) is 16.1 Å². The highest BCUT2D eigenvalue weighted by atomic mass is 16.4. The summed E-state index contributed by atoms with van der Waals surface area (Å²) in [5.41, 5.74) is 1.54. The number of amides is 1. The summed E-state index contributed by atoms with van der Waals surface area (Å²) < 4.78 is 0. The zero-order valence-electron chi connectivity index (χ0n) is 11.7. The molecule has 2 rings (SSSR count). The number of nitrogens with one attached hydrogen (secondary N) is 1. The zero-order valence-corrected chi connectivity index (χ0v) is 11.7. The van der Waals surface area contributed by atoms with Gasteiger partial charge in [-0.25, -0.2) is 0 Å². The Labute approximate surface area is 123 Å². The molecular weight excluding hydrogens is 268 g/mol. The molecule has 0 heterocycles. The number of carboxylic acid groups (broad SMARTS) is 1. The fourth-order valence-electron chi connectivity index (χ4n) is 2.63. The van der Waals surface area contributed by atoms with E-state index in [9.17, 15) is 9.59 Å². The molecule has 0 spiro atoms. The van der Waals surface area contributed by atoms with Gasteiger partial charge in [0.15, 0.2) is 0 Å². The van der Waals surface area contributed by atoms with Gasteiger partial charge in [-0.05, 0) is 43.4 Å². The number of nitriles is 1. The van der Waals surface area contributed by atoms with Gasteiger partial charge < -0.3 is 10.4 Å². The quantitative estimate of drug-likeness (QED) is 0.886. The summed E-state index contributed by atoms with van der Waals surface area (Å²) in [5.74, 6) is -1.15. The minimum Gasteiger partial charge on any atom is -0.481 e. The summed E-state index contributed by atoms with van der Waals surface area (Å²) in [7, 11) is 0. The Morgan fingerprint density at radius 3 is 2.24 bits per heavy atom. The third-order valence-corrected chi connectivity index (χ3v) is 4.00. The van der Waals surface area contributed by atoms with Crippen LogP contribution in [0.5, 0.6) is 0 Å². The van der Waals surface area contributed by atoms with Crippen LogP contribution in [-0.4, -0.2) is 17.0 Å². The van der Waals surface area contributed by atoms with Crippen molar-refractivity contribution in [2.24, 2.45) is 11.8 Å². The number of hydrogen-bond acceptors (Lipinski definition) is 3. The van der Waals surface area contributed by atoms with Crippen LogP contribution in [0.4, 0.5) is 0 Å². The van der Waals surface area contributed by atoms with Gasteiger partial charge in [0.2, 0.25) is 5.91 Å². The molecule has 0 atom stereocenters. The van der Waals surface area contributed by atoms with E-state index in [0.29, 0.717) is 37.8 Å². The van der Waals surface area contributed by atoms with Crippen LogP contribution in [0.1, 0.15) is 36.8 Å². The van der Waals surface area contributed by atoms with Gasteiger partial charge in [-0.3, -0.25) is 9.59 Å². The highest BCUT2D eigenvalue weighted by Gasteiger charge is 2.29. The van der Waals surface area contributed by atoms with Gasteiger partial charge in [-0.1, -0.05) is 12.1 Å². The lowest BCUT2D eigenvalue weighted by molar-refractivity contribution is -0.144. The first-order valence-electron chi connectivity index (χ1n) is 7.09. The molecule has 110 valence electrons. The van der Waals surface area contributed by atoms with Gasteiger partial charge >= 0.3 is 5.97 Å². The lowest BCUT2D eigenvalue weighted by Gasteiger charge is -2.25. The third-order valence-electron chi connectivity index (χ3n) is 4.00. The highest BCUT2D eigenvalue weighted by molar-refractivity contribution is 5.79. The summed E-state index contributed by atoms with van der Waals surface area (Å²) >= 11 is 0. The SMILES string of the molecule is N#Cc1ccc(CNC(=O)C2CCC(C(=O)O)CC2)cc1. The molecule has 0 aliphatic heterocycles. The molecule has 21 heavy (non-hydrogen) atoms. The Kier molecular flexibility index (Phi) is 4.94. The van der Waals surface area contributed by atoms with E-state index < -0.39 is 5.97 Å². The van der Waals surface area contributed by atoms with E-state index in [4.69, 9.17) is 10.4 Å². The topological polar surface area (TPSA) is 90.2 Å². The van der Waals surface area contributed by atoms with Crippen LogP contribution in [0.25, 0.3) is 0 Å². The molecule has 1 saturated carbocycles. The summed E-state index contributed by atoms with van der Waals surface area (Å²) in [4.78, 5) is 22.9. The average molecular weight is 286 g/mol. The minimum absolute atomic E-state index is 0.0109. The second-order valence-electron chi connectivity index (χ2n) is 5.41. The third kappa shape index (κ3) is 4.06. The van der Waals surface area contributed by atoms with E-state index in [0.717, 1.165) is 5.56 Å². The second-order valence-corrected chi connectivity index (χ2v) is 5.41. The predicted molar refractivity (Wildman–Crippen MR) is 76.1 cm³/mol. The van der Waals surface area contributed by atoms with Crippen LogP contribution in [0.2, 0.25) is 0 Å². The number of aliphatic carboxylic acids is 1. The molecule has 1 aliphatic rings. The first-order chi connectivity index (χ1) is 10.1. The molecular formula is C16H18N2O3. The Morgan fingerprint density at radius 2 is 1.71 bits per heavy atom. The van der Waals surface area contributed by atoms with Crippen molar-refractivity contribution < 1.29 is 14.7 Å². The van der Waals surface area contributed by atoms with Crippen molar-refractivity contribution in [3.8, 4) is 6.07 Å². The van der Waals surface area contributed by atoms with Crippen LogP contribution in [0.15, 0.2) is 24.3 Å². The van der Waals surface area contributed by atoms with Crippen LogP contribution in [0, 0.1) is 23.2 Å². The Morgan fingerprint density at radius 1 is 1.14 bits per heavy atom. The monoisotopic (exact) mass is 286 g/mol. The molecule has 0 unspecified atom stereocenters. The lowest BCUT2D eigenvalue weighted by Crippen LogP contribution is -2.34. The summed E-state index contributed by atoms with van der Waals surface area (Å²) in [6.07, 6.45) is 2.42. The van der Waals surface area contributed by atoms with Gasteiger partial charge in [-0.15, -0.1) is 0 Å². The predicted octanol–water partition coefficient (Wildman–Crippen LogP) is 2.07. The zero-order chi connectivity index (χ0) is 15.2. The number of benzene rings is 1. The van der Waals surface area contributed by atoms with E-state index in [1.54, 1.807) is 12.1 Å². The molecule has 1 aromatic carbocycles. The maximum absolute atomic E-state index is 12.1. The van der Waals surface area contributed by atoms with Gasteiger partial charge in [0, 0.05) is 12.5 Å². The van der Waals surface area contributed by atoms with Crippen LogP contribution < -0.4 is 5.32 Å². The lowest BCUT2D eigenvalue weighted by atomic mass is 9.81. The van der Waals surface area contributed by atoms with Crippen molar-refractivity contribution in [3.63, 3.8) is 0 Å². The van der Waals surface area contributed by atoms with Crippen LogP contribution in [0.3, 0.4) is 0 Å². The fraction of sp³-hybridized carbons (Fsp3) is 0.438. The number of carboxylic acids is 1. The first-order valence-corrected chi connectivity index (χ1v) is 7.09. The molecule has 5 heteroatoms. The number of carbonyl (C=O) groups is 2. The fourth-order valence-corrected chi connectivity index (χ4v) is 2.63. The Hall–Kier alpha value is -2.35. The van der Waals surface area contributed by atoms with Crippen LogP contribution >= 0.6 is 0 Å². The number of hydrogen-bond donors (Lipinski definition) is 2. The minimum atomic E-state index is -0.758. The molecule has 2 N–H and O–H groups in total.